The van der Waals surface area contributed by atoms with E-state index in [4.69, 9.17) is 9.47 Å². The average Bonchev–Trinajstić information content (AvgIpc) is 2.46. The smallest absolute Gasteiger partial charge is 0.169 e. The summed E-state index contributed by atoms with van der Waals surface area (Å²) in [5.74, 6) is 2.42. The minimum absolute atomic E-state index is 0.136. The summed E-state index contributed by atoms with van der Waals surface area (Å²) in [5, 5.41) is 0. The Kier molecular flexibility index (Phi) is 4.46. The number of carbonyl (C=O) groups is 1. The Labute approximate surface area is 114 Å². The van der Waals surface area contributed by atoms with Crippen molar-refractivity contribution >= 4 is 5.78 Å². The van der Waals surface area contributed by atoms with E-state index < -0.39 is 0 Å². The lowest BCUT2D eigenvalue weighted by atomic mass is 9.79. The Bertz CT molecular complexity index is 445. The quantitative estimate of drug-likeness (QED) is 0.776. The maximum atomic E-state index is 12.6. The van der Waals surface area contributed by atoms with Crippen LogP contribution in [0.3, 0.4) is 0 Å². The highest BCUT2D eigenvalue weighted by Crippen LogP contribution is 2.34. The predicted molar refractivity (Wildman–Crippen MR) is 75.0 cm³/mol. The first-order valence-corrected chi connectivity index (χ1v) is 6.92. The molecule has 1 aromatic carbocycles. The van der Waals surface area contributed by atoms with Crippen LogP contribution in [-0.2, 0) is 0 Å². The second kappa shape index (κ2) is 6.09. The van der Waals surface area contributed by atoms with Crippen molar-refractivity contribution in [2.75, 3.05) is 14.2 Å². The van der Waals surface area contributed by atoms with Gasteiger partial charge in [0.15, 0.2) is 5.78 Å². The summed E-state index contributed by atoms with van der Waals surface area (Å²) in [5.41, 5.74) is 0.654. The highest BCUT2D eigenvalue weighted by atomic mass is 16.5. The number of ketones is 1. The lowest BCUT2D eigenvalue weighted by Crippen LogP contribution is -2.21. The van der Waals surface area contributed by atoms with Crippen LogP contribution in [0, 0.1) is 11.8 Å². The van der Waals surface area contributed by atoms with Crippen LogP contribution in [0.15, 0.2) is 18.2 Å². The van der Waals surface area contributed by atoms with Gasteiger partial charge in [-0.05, 0) is 37.0 Å². The number of carbonyl (C=O) groups excluding carboxylic acids is 1. The second-order valence-corrected chi connectivity index (χ2v) is 5.39. The van der Waals surface area contributed by atoms with Crippen LogP contribution in [0.2, 0.25) is 0 Å². The standard InChI is InChI=1S/C16H22O3/c1-11-4-6-12(7-5-11)16(17)14-10-13(18-2)8-9-15(14)19-3/h8-12H,4-7H2,1-3H3. The molecule has 0 spiro atoms. The summed E-state index contributed by atoms with van der Waals surface area (Å²) in [6.45, 7) is 2.26. The van der Waals surface area contributed by atoms with Crippen molar-refractivity contribution in [2.24, 2.45) is 11.8 Å². The van der Waals surface area contributed by atoms with E-state index in [0.29, 0.717) is 17.1 Å². The van der Waals surface area contributed by atoms with Crippen molar-refractivity contribution in [1.82, 2.24) is 0 Å². The van der Waals surface area contributed by atoms with Crippen molar-refractivity contribution < 1.29 is 14.3 Å². The first-order chi connectivity index (χ1) is 9.15. The molecule has 0 unspecified atom stereocenters. The van der Waals surface area contributed by atoms with Gasteiger partial charge < -0.3 is 9.47 Å². The Morgan fingerprint density at radius 2 is 1.79 bits per heavy atom. The largest absolute Gasteiger partial charge is 0.497 e. The summed E-state index contributed by atoms with van der Waals surface area (Å²) < 4.78 is 10.5. The van der Waals surface area contributed by atoms with Gasteiger partial charge in [0.2, 0.25) is 0 Å². The number of rotatable bonds is 4. The fourth-order valence-electron chi connectivity index (χ4n) is 2.75. The maximum absolute atomic E-state index is 12.6. The third-order valence-electron chi connectivity index (χ3n) is 4.06. The van der Waals surface area contributed by atoms with Crippen LogP contribution in [0.25, 0.3) is 0 Å². The highest BCUT2D eigenvalue weighted by molar-refractivity contribution is 6.00. The molecule has 1 aliphatic rings. The van der Waals surface area contributed by atoms with E-state index in [9.17, 15) is 4.79 Å². The van der Waals surface area contributed by atoms with Gasteiger partial charge in [-0.2, -0.15) is 0 Å². The molecule has 0 amide bonds. The summed E-state index contributed by atoms with van der Waals surface area (Å²) >= 11 is 0. The fraction of sp³-hybridized carbons (Fsp3) is 0.562. The Balaban J connectivity index is 2.22. The predicted octanol–water partition coefficient (Wildman–Crippen LogP) is 3.71. The molecule has 0 saturated heterocycles. The van der Waals surface area contributed by atoms with Gasteiger partial charge in [0.05, 0.1) is 19.8 Å². The zero-order valence-corrected chi connectivity index (χ0v) is 11.9. The average molecular weight is 262 g/mol. The molecule has 3 heteroatoms. The molecule has 3 nitrogen and oxygen atoms in total. The molecule has 2 rings (SSSR count). The molecular formula is C16H22O3. The molecule has 0 radical (unpaired) electrons. The van der Waals surface area contributed by atoms with Crippen LogP contribution < -0.4 is 9.47 Å². The van der Waals surface area contributed by atoms with Gasteiger partial charge in [0.1, 0.15) is 11.5 Å². The third kappa shape index (κ3) is 3.09. The van der Waals surface area contributed by atoms with Crippen LogP contribution >= 0.6 is 0 Å². The number of hydrogen-bond donors (Lipinski definition) is 0. The Hall–Kier alpha value is -1.51. The molecular weight excluding hydrogens is 240 g/mol. The van der Waals surface area contributed by atoms with Gasteiger partial charge in [-0.1, -0.05) is 19.8 Å². The van der Waals surface area contributed by atoms with Gasteiger partial charge in [0.25, 0.3) is 0 Å². The number of Topliss-reactive ketones (excluding diaryl/α,β-unsaturated/α-hetero) is 1. The van der Waals surface area contributed by atoms with Gasteiger partial charge in [-0.25, -0.2) is 0 Å². The monoisotopic (exact) mass is 262 g/mol. The molecule has 0 aliphatic heterocycles. The number of methoxy groups -OCH3 is 2. The van der Waals surface area contributed by atoms with Crippen LogP contribution in [0.1, 0.15) is 43.0 Å². The van der Waals surface area contributed by atoms with Crippen molar-refractivity contribution in [2.45, 2.75) is 32.6 Å². The van der Waals surface area contributed by atoms with E-state index >= 15 is 0 Å². The van der Waals surface area contributed by atoms with Gasteiger partial charge in [-0.3, -0.25) is 4.79 Å². The molecule has 1 aromatic rings. The first kappa shape index (κ1) is 13.9. The van der Waals surface area contributed by atoms with E-state index in [-0.39, 0.29) is 11.7 Å². The van der Waals surface area contributed by atoms with Crippen molar-refractivity contribution in [3.8, 4) is 11.5 Å². The lowest BCUT2D eigenvalue weighted by Gasteiger charge is -2.25. The summed E-state index contributed by atoms with van der Waals surface area (Å²) in [7, 11) is 3.21. The topological polar surface area (TPSA) is 35.5 Å². The maximum Gasteiger partial charge on any atom is 0.169 e. The van der Waals surface area contributed by atoms with Crippen molar-refractivity contribution in [3.05, 3.63) is 23.8 Å². The molecule has 0 aromatic heterocycles. The minimum Gasteiger partial charge on any atom is -0.497 e. The van der Waals surface area contributed by atoms with Gasteiger partial charge in [-0.15, -0.1) is 0 Å². The fourth-order valence-corrected chi connectivity index (χ4v) is 2.75. The number of ether oxygens (including phenoxy) is 2. The first-order valence-electron chi connectivity index (χ1n) is 6.92. The van der Waals surface area contributed by atoms with Crippen molar-refractivity contribution in [3.63, 3.8) is 0 Å². The number of hydrogen-bond acceptors (Lipinski definition) is 3. The zero-order valence-electron chi connectivity index (χ0n) is 11.9. The van der Waals surface area contributed by atoms with E-state index in [1.807, 2.05) is 6.07 Å². The summed E-state index contributed by atoms with van der Waals surface area (Å²) in [6.07, 6.45) is 4.26. The lowest BCUT2D eigenvalue weighted by molar-refractivity contribution is 0.0872. The van der Waals surface area contributed by atoms with Gasteiger partial charge in [0, 0.05) is 5.92 Å². The van der Waals surface area contributed by atoms with Crippen LogP contribution in [-0.4, -0.2) is 20.0 Å². The van der Waals surface area contributed by atoms with Crippen LogP contribution in [0.5, 0.6) is 11.5 Å². The van der Waals surface area contributed by atoms with Gasteiger partial charge >= 0.3 is 0 Å². The molecule has 104 valence electrons. The molecule has 0 atom stereocenters. The van der Waals surface area contributed by atoms with E-state index in [2.05, 4.69) is 6.92 Å². The molecule has 0 heterocycles. The second-order valence-electron chi connectivity index (χ2n) is 5.39. The van der Waals surface area contributed by atoms with E-state index in [1.54, 1.807) is 26.4 Å². The SMILES string of the molecule is COc1ccc(OC)c(C(=O)C2CCC(C)CC2)c1. The molecule has 1 saturated carbocycles. The minimum atomic E-state index is 0.136. The summed E-state index contributed by atoms with van der Waals surface area (Å²) in [6, 6.07) is 5.41. The molecule has 1 fully saturated rings. The molecule has 0 N–H and O–H groups in total. The molecule has 1 aliphatic carbocycles. The third-order valence-corrected chi connectivity index (χ3v) is 4.06. The van der Waals surface area contributed by atoms with Crippen molar-refractivity contribution in [1.29, 1.82) is 0 Å². The van der Waals surface area contributed by atoms with E-state index in [0.717, 1.165) is 31.6 Å². The molecule has 19 heavy (non-hydrogen) atoms. The van der Waals surface area contributed by atoms with E-state index in [1.165, 1.54) is 0 Å². The summed E-state index contributed by atoms with van der Waals surface area (Å²) in [4.78, 5) is 12.6. The van der Waals surface area contributed by atoms with Crippen LogP contribution in [0.4, 0.5) is 0 Å². The Morgan fingerprint density at radius 1 is 1.11 bits per heavy atom. The number of benzene rings is 1. The Morgan fingerprint density at radius 3 is 2.37 bits per heavy atom. The molecule has 0 bridgehead atoms. The normalized spacial score (nSPS) is 22.9. The highest BCUT2D eigenvalue weighted by Gasteiger charge is 2.27. The zero-order chi connectivity index (χ0) is 13.8.